The van der Waals surface area contributed by atoms with Crippen molar-refractivity contribution in [3.8, 4) is 11.3 Å². The molecular formula is C15H11Cl2FN4O3. The zero-order valence-corrected chi connectivity index (χ0v) is 14.6. The van der Waals surface area contributed by atoms with E-state index in [0.717, 1.165) is 10.6 Å². The van der Waals surface area contributed by atoms with Crippen LogP contribution in [0.5, 0.6) is 0 Å². The molecule has 0 aromatic carbocycles. The summed E-state index contributed by atoms with van der Waals surface area (Å²) in [6, 6.07) is 2.22. The number of hydrogen-bond acceptors (Lipinski definition) is 5. The third kappa shape index (κ3) is 2.98. The van der Waals surface area contributed by atoms with Crippen LogP contribution in [0.2, 0.25) is 10.3 Å². The van der Waals surface area contributed by atoms with Crippen molar-refractivity contribution < 1.29 is 13.9 Å². The molecule has 25 heavy (non-hydrogen) atoms. The van der Waals surface area contributed by atoms with Crippen LogP contribution in [0.25, 0.3) is 16.9 Å². The van der Waals surface area contributed by atoms with Gasteiger partial charge in [0.05, 0.1) is 18.0 Å². The molecule has 0 radical (unpaired) electrons. The number of hydrogen-bond donors (Lipinski definition) is 1. The molecule has 0 fully saturated rings. The maximum absolute atomic E-state index is 13.7. The van der Waals surface area contributed by atoms with Gasteiger partial charge < -0.3 is 9.72 Å². The monoisotopic (exact) mass is 384 g/mol. The van der Waals surface area contributed by atoms with E-state index in [4.69, 9.17) is 27.9 Å². The lowest BCUT2D eigenvalue weighted by Crippen LogP contribution is -2.15. The average molecular weight is 385 g/mol. The van der Waals surface area contributed by atoms with Crippen molar-refractivity contribution in [3.05, 3.63) is 49.9 Å². The van der Waals surface area contributed by atoms with Gasteiger partial charge in [-0.15, -0.1) is 0 Å². The molecule has 130 valence electrons. The van der Waals surface area contributed by atoms with Gasteiger partial charge in [0.25, 0.3) is 5.56 Å². The highest BCUT2D eigenvalue weighted by Gasteiger charge is 2.22. The minimum Gasteiger partial charge on any atom is -0.462 e. The summed E-state index contributed by atoms with van der Waals surface area (Å²) in [7, 11) is 0. The van der Waals surface area contributed by atoms with E-state index in [-0.39, 0.29) is 39.4 Å². The molecule has 0 saturated heterocycles. The van der Waals surface area contributed by atoms with Gasteiger partial charge in [0.1, 0.15) is 10.7 Å². The Morgan fingerprint density at radius 3 is 2.76 bits per heavy atom. The predicted octanol–water partition coefficient (Wildman–Crippen LogP) is 3.02. The van der Waals surface area contributed by atoms with E-state index in [1.807, 2.05) is 0 Å². The molecule has 0 atom stereocenters. The van der Waals surface area contributed by atoms with Crippen LogP contribution < -0.4 is 5.56 Å². The minimum absolute atomic E-state index is 0.0969. The second-order valence-corrected chi connectivity index (χ2v) is 5.78. The highest BCUT2D eigenvalue weighted by atomic mass is 35.5. The lowest BCUT2D eigenvalue weighted by atomic mass is 10.2. The molecule has 3 heterocycles. The van der Waals surface area contributed by atoms with Gasteiger partial charge in [0.2, 0.25) is 0 Å². The standard InChI is InChI=1S/C15H11Cl2FN4O3/c1-3-25-15(24)11-6(2)21-22-10(23)5-9(19-14(11)22)7-4-8(18)13(17)20-12(7)16/h4-5,19H,3H2,1-2H3. The van der Waals surface area contributed by atoms with Crippen molar-refractivity contribution in [1.29, 1.82) is 0 Å². The fraction of sp³-hybridized carbons (Fsp3) is 0.200. The normalized spacial score (nSPS) is 11.1. The SMILES string of the molecule is CCOC(=O)c1c(C)nn2c(=O)cc(-c3cc(F)c(Cl)nc3Cl)[nH]c12. The lowest BCUT2D eigenvalue weighted by Gasteiger charge is -2.07. The number of halogens is 3. The van der Waals surface area contributed by atoms with Crippen LogP contribution in [0.15, 0.2) is 16.9 Å². The highest BCUT2D eigenvalue weighted by Crippen LogP contribution is 2.28. The Hall–Kier alpha value is -2.45. The molecule has 0 bridgehead atoms. The van der Waals surface area contributed by atoms with E-state index in [1.165, 1.54) is 6.07 Å². The maximum Gasteiger partial charge on any atom is 0.343 e. The minimum atomic E-state index is -0.794. The van der Waals surface area contributed by atoms with Gasteiger partial charge >= 0.3 is 5.97 Å². The Labute approximate surface area is 150 Å². The molecule has 7 nitrogen and oxygen atoms in total. The predicted molar refractivity (Wildman–Crippen MR) is 89.7 cm³/mol. The molecule has 1 N–H and O–H groups in total. The molecule has 0 saturated carbocycles. The van der Waals surface area contributed by atoms with Gasteiger partial charge in [-0.1, -0.05) is 23.2 Å². The first-order valence-corrected chi connectivity index (χ1v) is 7.90. The summed E-state index contributed by atoms with van der Waals surface area (Å²) in [5.74, 6) is -1.42. The van der Waals surface area contributed by atoms with Crippen LogP contribution in [-0.2, 0) is 4.74 Å². The number of aromatic nitrogens is 4. The fourth-order valence-electron chi connectivity index (χ4n) is 2.38. The molecule has 0 spiro atoms. The van der Waals surface area contributed by atoms with Gasteiger partial charge in [-0.05, 0) is 19.9 Å². The van der Waals surface area contributed by atoms with Crippen molar-refractivity contribution in [2.24, 2.45) is 0 Å². The number of aryl methyl sites for hydroxylation is 1. The summed E-state index contributed by atoms with van der Waals surface area (Å²) >= 11 is 11.6. The fourth-order valence-corrected chi connectivity index (χ4v) is 2.80. The van der Waals surface area contributed by atoms with Crippen molar-refractivity contribution in [3.63, 3.8) is 0 Å². The summed E-state index contributed by atoms with van der Waals surface area (Å²) in [6.45, 7) is 3.40. The van der Waals surface area contributed by atoms with Crippen molar-refractivity contribution >= 4 is 34.8 Å². The molecule has 0 aliphatic carbocycles. The molecule has 3 rings (SSSR count). The molecule has 10 heteroatoms. The maximum atomic E-state index is 13.7. The van der Waals surface area contributed by atoms with E-state index in [0.29, 0.717) is 5.69 Å². The number of ether oxygens (including phenoxy) is 1. The Kier molecular flexibility index (Phi) is 4.49. The summed E-state index contributed by atoms with van der Waals surface area (Å²) in [6.07, 6.45) is 0. The summed E-state index contributed by atoms with van der Waals surface area (Å²) < 4.78 is 19.8. The first-order chi connectivity index (χ1) is 11.8. The Morgan fingerprint density at radius 1 is 1.36 bits per heavy atom. The Balaban J connectivity index is 2.29. The van der Waals surface area contributed by atoms with Crippen LogP contribution in [0.3, 0.4) is 0 Å². The van der Waals surface area contributed by atoms with Gasteiger partial charge in [-0.25, -0.2) is 14.2 Å². The van der Waals surface area contributed by atoms with Crippen LogP contribution in [0.1, 0.15) is 23.0 Å². The Bertz CT molecular complexity index is 1060. The van der Waals surface area contributed by atoms with Gasteiger partial charge in [-0.3, -0.25) is 4.79 Å². The van der Waals surface area contributed by atoms with Crippen molar-refractivity contribution in [2.45, 2.75) is 13.8 Å². The zero-order chi connectivity index (χ0) is 18.3. The number of nitrogens with one attached hydrogen (secondary N) is 1. The molecule has 0 amide bonds. The number of fused-ring (bicyclic) bond motifs is 1. The number of rotatable bonds is 3. The second kappa shape index (κ2) is 6.45. The molecule has 3 aromatic rings. The molecule has 3 aromatic heterocycles. The van der Waals surface area contributed by atoms with E-state index in [1.54, 1.807) is 13.8 Å². The van der Waals surface area contributed by atoms with Crippen LogP contribution in [0, 0.1) is 12.7 Å². The van der Waals surface area contributed by atoms with E-state index in [9.17, 15) is 14.0 Å². The number of carbonyl (C=O) groups excluding carboxylic acids is 1. The summed E-state index contributed by atoms with van der Waals surface area (Å²) in [5.41, 5.74) is 0.293. The number of carbonyl (C=O) groups is 1. The van der Waals surface area contributed by atoms with Crippen LogP contribution in [0.4, 0.5) is 4.39 Å². The third-order valence-electron chi connectivity index (χ3n) is 3.45. The van der Waals surface area contributed by atoms with Gasteiger partial charge in [0, 0.05) is 11.6 Å². The zero-order valence-electron chi connectivity index (χ0n) is 13.1. The van der Waals surface area contributed by atoms with Crippen molar-refractivity contribution in [2.75, 3.05) is 6.61 Å². The van der Waals surface area contributed by atoms with E-state index >= 15 is 0 Å². The van der Waals surface area contributed by atoms with E-state index < -0.39 is 17.3 Å². The van der Waals surface area contributed by atoms with E-state index in [2.05, 4.69) is 15.1 Å². The molecular weight excluding hydrogens is 374 g/mol. The second-order valence-electron chi connectivity index (χ2n) is 5.06. The number of nitrogens with zero attached hydrogens (tertiary/aromatic N) is 3. The van der Waals surface area contributed by atoms with Crippen LogP contribution >= 0.6 is 23.2 Å². The highest BCUT2D eigenvalue weighted by molar-refractivity contribution is 6.34. The van der Waals surface area contributed by atoms with Gasteiger partial charge in [0.15, 0.2) is 16.6 Å². The largest absolute Gasteiger partial charge is 0.462 e. The quantitative estimate of drug-likeness (QED) is 0.553. The smallest absolute Gasteiger partial charge is 0.343 e. The first kappa shape index (κ1) is 17.4. The molecule has 0 unspecified atom stereocenters. The topological polar surface area (TPSA) is 89.3 Å². The van der Waals surface area contributed by atoms with Crippen LogP contribution in [-0.4, -0.2) is 32.2 Å². The number of esters is 1. The number of pyridine rings is 1. The average Bonchev–Trinajstić information content (AvgIpc) is 2.88. The number of H-pyrrole nitrogens is 1. The number of aromatic amines is 1. The Morgan fingerprint density at radius 2 is 2.08 bits per heavy atom. The molecule has 0 aliphatic rings. The van der Waals surface area contributed by atoms with Gasteiger partial charge in [-0.2, -0.15) is 9.61 Å². The summed E-state index contributed by atoms with van der Waals surface area (Å²) in [4.78, 5) is 31.0. The third-order valence-corrected chi connectivity index (χ3v) is 4.00. The molecule has 0 aliphatic heterocycles. The lowest BCUT2D eigenvalue weighted by molar-refractivity contribution is 0.0527. The summed E-state index contributed by atoms with van der Waals surface area (Å²) in [5, 5.41) is 3.55. The van der Waals surface area contributed by atoms with Crippen molar-refractivity contribution in [1.82, 2.24) is 19.6 Å². The first-order valence-electron chi connectivity index (χ1n) is 7.15.